The van der Waals surface area contributed by atoms with Gasteiger partial charge in [0.25, 0.3) is 15.9 Å². The van der Waals surface area contributed by atoms with E-state index in [2.05, 4.69) is 10.5 Å². The molecular weight excluding hydrogens is 526 g/mol. The molecule has 0 aliphatic carbocycles. The van der Waals surface area contributed by atoms with Crippen LogP contribution in [0.2, 0.25) is 0 Å². The molecule has 12 heteroatoms. The molecule has 11 nitrogen and oxygen atoms in total. The summed E-state index contributed by atoms with van der Waals surface area (Å²) in [4.78, 5) is 12.9. The molecule has 0 unspecified atom stereocenters. The van der Waals surface area contributed by atoms with E-state index in [9.17, 15) is 13.2 Å². The summed E-state index contributed by atoms with van der Waals surface area (Å²) in [5.74, 6) is 1.14. The summed E-state index contributed by atoms with van der Waals surface area (Å²) >= 11 is 0. The number of hydrogen-bond donors (Lipinski definition) is 1. The van der Waals surface area contributed by atoms with E-state index in [1.165, 1.54) is 52.7 Å². The maximum atomic E-state index is 13.9. The van der Waals surface area contributed by atoms with Crippen LogP contribution < -0.4 is 33.4 Å². The molecule has 0 fully saturated rings. The van der Waals surface area contributed by atoms with Gasteiger partial charge in [0.1, 0.15) is 23.8 Å². The molecule has 0 radical (unpaired) electrons. The van der Waals surface area contributed by atoms with Gasteiger partial charge in [-0.05, 0) is 61.0 Å². The first kappa shape index (κ1) is 29.1. The van der Waals surface area contributed by atoms with Crippen LogP contribution in [0.4, 0.5) is 5.69 Å². The van der Waals surface area contributed by atoms with Crippen LogP contribution in [0.15, 0.2) is 70.7 Å². The van der Waals surface area contributed by atoms with Crippen molar-refractivity contribution in [3.8, 4) is 28.7 Å². The highest BCUT2D eigenvalue weighted by molar-refractivity contribution is 7.92. The van der Waals surface area contributed by atoms with Crippen molar-refractivity contribution in [2.45, 2.75) is 11.8 Å². The number of amides is 1. The smallest absolute Gasteiger partial charge is 0.265 e. The van der Waals surface area contributed by atoms with Gasteiger partial charge in [-0.3, -0.25) is 9.10 Å². The number of carbonyl (C=O) groups excluding carboxylic acids is 1. The first-order valence-electron chi connectivity index (χ1n) is 11.6. The van der Waals surface area contributed by atoms with Crippen molar-refractivity contribution >= 4 is 27.3 Å². The number of nitrogens with zero attached hydrogens (tertiary/aromatic N) is 2. The largest absolute Gasteiger partial charge is 0.497 e. The van der Waals surface area contributed by atoms with Gasteiger partial charge >= 0.3 is 0 Å². The maximum absolute atomic E-state index is 13.9. The van der Waals surface area contributed by atoms with Gasteiger partial charge in [0.2, 0.25) is 0 Å². The van der Waals surface area contributed by atoms with Gasteiger partial charge < -0.3 is 23.7 Å². The summed E-state index contributed by atoms with van der Waals surface area (Å²) < 4.78 is 55.2. The Morgan fingerprint density at radius 3 is 1.95 bits per heavy atom. The highest BCUT2D eigenvalue weighted by atomic mass is 32.2. The van der Waals surface area contributed by atoms with Crippen LogP contribution in [0.5, 0.6) is 28.7 Å². The Morgan fingerprint density at radius 2 is 1.36 bits per heavy atom. The van der Waals surface area contributed by atoms with Crippen LogP contribution in [0.3, 0.4) is 0 Å². The summed E-state index contributed by atoms with van der Waals surface area (Å²) in [7, 11) is 2.92. The van der Waals surface area contributed by atoms with Gasteiger partial charge in [0, 0.05) is 12.1 Å². The molecule has 0 aliphatic heterocycles. The first-order valence-corrected chi connectivity index (χ1v) is 13.1. The number of nitrogens with one attached hydrogen (secondary N) is 1. The lowest BCUT2D eigenvalue weighted by molar-refractivity contribution is -0.119. The molecule has 1 amide bonds. The number of benzene rings is 3. The summed E-state index contributed by atoms with van der Waals surface area (Å²) in [6.45, 7) is 1.10. The van der Waals surface area contributed by atoms with Crippen LogP contribution in [-0.2, 0) is 14.8 Å². The predicted molar refractivity (Wildman–Crippen MR) is 147 cm³/mol. The highest BCUT2D eigenvalue weighted by Gasteiger charge is 2.31. The molecule has 39 heavy (non-hydrogen) atoms. The molecular formula is C27H31N3O8S. The zero-order chi connectivity index (χ0) is 28.6. The Morgan fingerprint density at radius 1 is 0.769 bits per heavy atom. The molecule has 0 spiro atoms. The third-order valence-corrected chi connectivity index (χ3v) is 7.50. The fourth-order valence-electron chi connectivity index (χ4n) is 3.60. The molecule has 0 bridgehead atoms. The zero-order valence-electron chi connectivity index (χ0n) is 22.5. The van der Waals surface area contributed by atoms with Crippen LogP contribution in [-0.4, -0.2) is 62.1 Å². The predicted octanol–water partition coefficient (Wildman–Crippen LogP) is 3.47. The molecule has 0 atom stereocenters. The monoisotopic (exact) mass is 557 g/mol. The van der Waals surface area contributed by atoms with Crippen molar-refractivity contribution in [3.05, 3.63) is 66.2 Å². The Bertz CT molecular complexity index is 1440. The number of ether oxygens (including phenoxy) is 5. The van der Waals surface area contributed by atoms with Crippen molar-refractivity contribution in [3.63, 3.8) is 0 Å². The maximum Gasteiger partial charge on any atom is 0.265 e. The zero-order valence-corrected chi connectivity index (χ0v) is 23.4. The molecule has 0 aromatic heterocycles. The number of anilines is 1. The van der Waals surface area contributed by atoms with Crippen LogP contribution in [0.25, 0.3) is 0 Å². The Kier molecular flexibility index (Phi) is 9.61. The molecule has 0 saturated heterocycles. The van der Waals surface area contributed by atoms with Crippen LogP contribution in [0, 0.1) is 0 Å². The summed E-state index contributed by atoms with van der Waals surface area (Å²) in [6.07, 6.45) is 0. The SMILES string of the molecule is COc1ccc(/C(C)=N\NC(=O)CN(c2cc(OC)ccc2OC)S(=O)(=O)c2ccc(OC)c(OC)c2)cc1. The molecule has 3 aromatic carbocycles. The Balaban J connectivity index is 2.01. The van der Waals surface area contributed by atoms with Gasteiger partial charge in [-0.25, -0.2) is 13.8 Å². The second-order valence-electron chi connectivity index (χ2n) is 8.03. The fraction of sp³-hybridized carbons (Fsp3) is 0.259. The van der Waals surface area contributed by atoms with Gasteiger partial charge in [-0.1, -0.05) is 0 Å². The van der Waals surface area contributed by atoms with Crippen molar-refractivity contribution < 1.29 is 36.9 Å². The Labute approximate surface area is 227 Å². The minimum Gasteiger partial charge on any atom is -0.497 e. The quantitative estimate of drug-likeness (QED) is 0.265. The number of hydrazone groups is 1. The number of sulfonamides is 1. The van der Waals surface area contributed by atoms with Crippen LogP contribution in [0.1, 0.15) is 12.5 Å². The first-order chi connectivity index (χ1) is 18.7. The van der Waals surface area contributed by atoms with Crippen LogP contribution >= 0.6 is 0 Å². The Hall–Kier alpha value is -4.45. The minimum absolute atomic E-state index is 0.0950. The highest BCUT2D eigenvalue weighted by Crippen LogP contribution is 2.37. The van der Waals surface area contributed by atoms with E-state index in [1.54, 1.807) is 50.4 Å². The van der Waals surface area contributed by atoms with Crippen molar-refractivity contribution in [2.75, 3.05) is 46.4 Å². The molecule has 0 saturated carbocycles. The van der Waals surface area contributed by atoms with Crippen molar-refractivity contribution in [2.24, 2.45) is 5.10 Å². The average molecular weight is 558 g/mol. The van der Waals surface area contributed by atoms with E-state index in [4.69, 9.17) is 23.7 Å². The van der Waals surface area contributed by atoms with Gasteiger partial charge in [-0.15, -0.1) is 0 Å². The number of methoxy groups -OCH3 is 5. The normalized spacial score (nSPS) is 11.4. The second-order valence-corrected chi connectivity index (χ2v) is 9.89. The molecule has 3 aromatic rings. The third kappa shape index (κ3) is 6.71. The van der Waals surface area contributed by atoms with Gasteiger partial charge in [-0.2, -0.15) is 5.10 Å². The standard InChI is InChI=1S/C27H31N3O8S/c1-18(19-7-9-20(34-2)10-8-19)28-29-27(31)17-30(23-15-21(35-3)11-13-24(23)36-4)39(32,33)22-12-14-25(37-5)26(16-22)38-6/h7-16H,17H2,1-6H3,(H,29,31)/b28-18-. The second kappa shape index (κ2) is 12.9. The number of hydrogen-bond acceptors (Lipinski definition) is 9. The molecule has 3 rings (SSSR count). The van der Waals surface area contributed by atoms with E-state index in [0.29, 0.717) is 23.0 Å². The number of rotatable bonds is 12. The summed E-state index contributed by atoms with van der Waals surface area (Å²) in [6, 6.07) is 15.9. The fourth-order valence-corrected chi connectivity index (χ4v) is 5.04. The molecule has 0 heterocycles. The van der Waals surface area contributed by atoms with E-state index < -0.39 is 22.5 Å². The van der Waals surface area contributed by atoms with E-state index >= 15 is 0 Å². The van der Waals surface area contributed by atoms with Crippen molar-refractivity contribution in [1.82, 2.24) is 5.43 Å². The average Bonchev–Trinajstić information content (AvgIpc) is 2.97. The third-order valence-electron chi connectivity index (χ3n) is 5.74. The topological polar surface area (TPSA) is 125 Å². The van der Waals surface area contributed by atoms with Gasteiger partial charge in [0.05, 0.1) is 51.8 Å². The lowest BCUT2D eigenvalue weighted by Gasteiger charge is -2.26. The summed E-state index contributed by atoms with van der Waals surface area (Å²) in [5.41, 5.74) is 3.79. The lowest BCUT2D eigenvalue weighted by Crippen LogP contribution is -2.40. The van der Waals surface area contributed by atoms with E-state index in [-0.39, 0.29) is 22.1 Å². The van der Waals surface area contributed by atoms with Gasteiger partial charge in [0.15, 0.2) is 11.5 Å². The molecule has 208 valence electrons. The molecule has 1 N–H and O–H groups in total. The summed E-state index contributed by atoms with van der Waals surface area (Å²) in [5, 5.41) is 4.14. The van der Waals surface area contributed by atoms with E-state index in [0.717, 1.165) is 9.87 Å². The molecule has 0 aliphatic rings. The van der Waals surface area contributed by atoms with Crippen molar-refractivity contribution in [1.29, 1.82) is 0 Å². The van der Waals surface area contributed by atoms with E-state index in [1.807, 2.05) is 0 Å². The lowest BCUT2D eigenvalue weighted by atomic mass is 10.1. The minimum atomic E-state index is -4.32. The number of carbonyl (C=O) groups is 1.